The van der Waals surface area contributed by atoms with Crippen molar-refractivity contribution in [1.29, 1.82) is 0 Å². The predicted octanol–water partition coefficient (Wildman–Crippen LogP) is -0.206. The second-order valence-corrected chi connectivity index (χ2v) is 3.67. The average Bonchev–Trinajstić information content (AvgIpc) is 2.37. The van der Waals surface area contributed by atoms with Crippen LogP contribution in [-0.4, -0.2) is 47.4 Å². The fourth-order valence-corrected chi connectivity index (χ4v) is 1.52. The van der Waals surface area contributed by atoms with E-state index in [0.29, 0.717) is 26.4 Å². The number of nitrogens with zero attached hydrogens (tertiary/aromatic N) is 3. The van der Waals surface area contributed by atoms with Crippen LogP contribution in [0.1, 0.15) is 0 Å². The summed E-state index contributed by atoms with van der Waals surface area (Å²) in [4.78, 5) is 17.6. The number of rotatable bonds is 4. The molecular formula is C9H13N5O4. The predicted molar refractivity (Wildman–Crippen MR) is 62.1 cm³/mol. The molecule has 2 heterocycles. The molecule has 3 N–H and O–H groups in total. The molecule has 0 aromatic carbocycles. The molecular weight excluding hydrogens is 242 g/mol. The molecule has 9 heteroatoms. The van der Waals surface area contributed by atoms with Gasteiger partial charge in [-0.05, 0) is 0 Å². The molecule has 1 unspecified atom stereocenters. The molecule has 0 bridgehead atoms. The molecule has 1 atom stereocenters. The van der Waals surface area contributed by atoms with Crippen LogP contribution >= 0.6 is 0 Å². The van der Waals surface area contributed by atoms with Crippen LogP contribution < -0.4 is 11.1 Å². The molecule has 0 amide bonds. The van der Waals surface area contributed by atoms with Crippen molar-refractivity contribution in [2.75, 3.05) is 37.4 Å². The summed E-state index contributed by atoms with van der Waals surface area (Å²) in [7, 11) is 0. The Morgan fingerprint density at radius 1 is 1.61 bits per heavy atom. The number of hydrogen-bond acceptors (Lipinski definition) is 8. The summed E-state index contributed by atoms with van der Waals surface area (Å²) < 4.78 is 10.6. The van der Waals surface area contributed by atoms with E-state index < -0.39 is 4.92 Å². The van der Waals surface area contributed by atoms with Crippen LogP contribution in [0.5, 0.6) is 0 Å². The molecule has 1 aliphatic rings. The van der Waals surface area contributed by atoms with E-state index in [2.05, 4.69) is 15.3 Å². The zero-order valence-corrected chi connectivity index (χ0v) is 9.54. The second kappa shape index (κ2) is 5.56. The third-order valence-electron chi connectivity index (χ3n) is 2.37. The zero-order chi connectivity index (χ0) is 13.0. The monoisotopic (exact) mass is 255 g/mol. The van der Waals surface area contributed by atoms with E-state index in [4.69, 9.17) is 15.2 Å². The van der Waals surface area contributed by atoms with Gasteiger partial charge in [0.25, 0.3) is 0 Å². The first-order valence-corrected chi connectivity index (χ1v) is 5.37. The third-order valence-corrected chi connectivity index (χ3v) is 2.37. The number of nitrogen functional groups attached to an aromatic ring is 1. The van der Waals surface area contributed by atoms with Crippen LogP contribution in [-0.2, 0) is 9.47 Å². The molecule has 2 rings (SSSR count). The Hall–Kier alpha value is -2.00. The summed E-state index contributed by atoms with van der Waals surface area (Å²) in [5.41, 5.74) is 5.17. The molecule has 18 heavy (non-hydrogen) atoms. The molecule has 98 valence electrons. The van der Waals surface area contributed by atoms with E-state index >= 15 is 0 Å². The van der Waals surface area contributed by atoms with Crippen molar-refractivity contribution in [3.8, 4) is 0 Å². The number of nitrogens with two attached hydrogens (primary N) is 1. The largest absolute Gasteiger partial charge is 0.376 e. The molecule has 1 aromatic rings. The number of aromatic nitrogens is 2. The maximum atomic E-state index is 10.8. The molecule has 0 aliphatic carbocycles. The number of nitrogens with one attached hydrogen (secondary N) is 1. The molecule has 1 aromatic heterocycles. The molecule has 0 saturated carbocycles. The summed E-state index contributed by atoms with van der Waals surface area (Å²) in [6.45, 7) is 1.89. The third kappa shape index (κ3) is 3.02. The van der Waals surface area contributed by atoms with Crippen molar-refractivity contribution in [2.24, 2.45) is 0 Å². The lowest BCUT2D eigenvalue weighted by atomic mass is 10.3. The minimum atomic E-state index is -0.569. The van der Waals surface area contributed by atoms with Crippen LogP contribution in [0.2, 0.25) is 0 Å². The second-order valence-electron chi connectivity index (χ2n) is 3.67. The normalized spacial score (nSPS) is 19.4. The number of ether oxygens (including phenoxy) is 2. The van der Waals surface area contributed by atoms with Gasteiger partial charge in [0.15, 0.2) is 0 Å². The van der Waals surface area contributed by atoms with Crippen LogP contribution in [0.3, 0.4) is 0 Å². The van der Waals surface area contributed by atoms with Gasteiger partial charge in [0, 0.05) is 6.54 Å². The van der Waals surface area contributed by atoms with E-state index in [1.165, 1.54) is 0 Å². The summed E-state index contributed by atoms with van der Waals surface area (Å²) in [5.74, 6) is 0.0607. The fraction of sp³-hybridized carbons (Fsp3) is 0.556. The summed E-state index contributed by atoms with van der Waals surface area (Å²) in [6, 6.07) is 0. The van der Waals surface area contributed by atoms with Gasteiger partial charge in [0.2, 0.25) is 11.8 Å². The Bertz CT molecular complexity index is 435. The van der Waals surface area contributed by atoms with Crippen LogP contribution in [0.25, 0.3) is 0 Å². The van der Waals surface area contributed by atoms with Crippen molar-refractivity contribution in [3.05, 3.63) is 16.3 Å². The highest BCUT2D eigenvalue weighted by atomic mass is 16.6. The van der Waals surface area contributed by atoms with Gasteiger partial charge in [-0.1, -0.05) is 0 Å². The van der Waals surface area contributed by atoms with Crippen molar-refractivity contribution >= 4 is 17.5 Å². The zero-order valence-electron chi connectivity index (χ0n) is 9.54. The van der Waals surface area contributed by atoms with Gasteiger partial charge in [0.05, 0.1) is 30.8 Å². The highest BCUT2D eigenvalue weighted by Gasteiger charge is 2.19. The summed E-state index contributed by atoms with van der Waals surface area (Å²) in [5, 5.41) is 13.6. The van der Waals surface area contributed by atoms with Gasteiger partial charge in [-0.3, -0.25) is 10.1 Å². The summed E-state index contributed by atoms with van der Waals surface area (Å²) >= 11 is 0. The smallest absolute Gasteiger partial charge is 0.329 e. The SMILES string of the molecule is Nc1ncc([N+](=O)[O-])c(NCC2COCCO2)n1. The number of anilines is 2. The molecule has 1 aliphatic heterocycles. The maximum absolute atomic E-state index is 10.8. The van der Waals surface area contributed by atoms with E-state index in [1.807, 2.05) is 0 Å². The first kappa shape index (κ1) is 12.5. The standard InChI is InChI=1S/C9H13N5O4/c10-9-12-4-7(14(15)16)8(13-9)11-3-6-5-17-1-2-18-6/h4,6H,1-3,5H2,(H3,10,11,12,13). The molecule has 1 fully saturated rings. The van der Waals surface area contributed by atoms with Crippen LogP contribution in [0.15, 0.2) is 6.20 Å². The van der Waals surface area contributed by atoms with E-state index in [1.54, 1.807) is 0 Å². The van der Waals surface area contributed by atoms with Gasteiger partial charge < -0.3 is 20.5 Å². The minimum Gasteiger partial charge on any atom is -0.376 e. The minimum absolute atomic E-state index is 0.0242. The Balaban J connectivity index is 2.03. The highest BCUT2D eigenvalue weighted by molar-refractivity contribution is 5.56. The van der Waals surface area contributed by atoms with Gasteiger partial charge in [-0.15, -0.1) is 0 Å². The van der Waals surface area contributed by atoms with Crippen molar-refractivity contribution in [1.82, 2.24) is 9.97 Å². The van der Waals surface area contributed by atoms with E-state index in [9.17, 15) is 10.1 Å². The topological polar surface area (TPSA) is 125 Å². The Labute approximate surface area is 102 Å². The molecule has 0 spiro atoms. The Kier molecular flexibility index (Phi) is 3.85. The lowest BCUT2D eigenvalue weighted by Gasteiger charge is -2.23. The van der Waals surface area contributed by atoms with Gasteiger partial charge in [-0.2, -0.15) is 4.98 Å². The average molecular weight is 255 g/mol. The van der Waals surface area contributed by atoms with Crippen molar-refractivity contribution in [2.45, 2.75) is 6.10 Å². The van der Waals surface area contributed by atoms with Crippen LogP contribution in [0.4, 0.5) is 17.5 Å². The molecule has 0 radical (unpaired) electrons. The first-order valence-electron chi connectivity index (χ1n) is 5.37. The maximum Gasteiger partial charge on any atom is 0.329 e. The van der Waals surface area contributed by atoms with Crippen LogP contribution in [0, 0.1) is 10.1 Å². The van der Waals surface area contributed by atoms with Gasteiger partial charge in [0.1, 0.15) is 6.20 Å². The fourth-order valence-electron chi connectivity index (χ4n) is 1.52. The van der Waals surface area contributed by atoms with Gasteiger partial charge >= 0.3 is 5.69 Å². The lowest BCUT2D eigenvalue weighted by Crippen LogP contribution is -2.34. The van der Waals surface area contributed by atoms with Crippen molar-refractivity contribution in [3.63, 3.8) is 0 Å². The van der Waals surface area contributed by atoms with Gasteiger partial charge in [-0.25, -0.2) is 4.98 Å². The molecule has 9 nitrogen and oxygen atoms in total. The quantitative estimate of drug-likeness (QED) is 0.559. The summed E-state index contributed by atoms with van der Waals surface area (Å²) in [6.07, 6.45) is 0.914. The first-order chi connectivity index (χ1) is 8.66. The highest BCUT2D eigenvalue weighted by Crippen LogP contribution is 2.21. The van der Waals surface area contributed by atoms with Crippen molar-refractivity contribution < 1.29 is 14.4 Å². The number of nitro groups is 1. The number of hydrogen-bond donors (Lipinski definition) is 2. The lowest BCUT2D eigenvalue weighted by molar-refractivity contribution is -0.384. The van der Waals surface area contributed by atoms with E-state index in [-0.39, 0.29) is 23.6 Å². The Morgan fingerprint density at radius 3 is 3.11 bits per heavy atom. The Morgan fingerprint density at radius 2 is 2.44 bits per heavy atom. The molecule has 1 saturated heterocycles. The van der Waals surface area contributed by atoms with E-state index in [0.717, 1.165) is 6.20 Å².